The molecule has 1 aromatic carbocycles. The van der Waals surface area contributed by atoms with Gasteiger partial charge >= 0.3 is 0 Å². The van der Waals surface area contributed by atoms with Gasteiger partial charge in [0.25, 0.3) is 5.69 Å². The summed E-state index contributed by atoms with van der Waals surface area (Å²) in [5.74, 6) is 1.47. The van der Waals surface area contributed by atoms with E-state index in [1.807, 2.05) is 0 Å². The van der Waals surface area contributed by atoms with Gasteiger partial charge in [-0.05, 0) is 68.8 Å². The molecule has 1 amide bonds. The zero-order chi connectivity index (χ0) is 17.8. The van der Waals surface area contributed by atoms with Crippen LogP contribution in [-0.4, -0.2) is 15.2 Å². The average Bonchev–Trinajstić information content (AvgIpc) is 2.45. The molecule has 0 radical (unpaired) electrons. The van der Waals surface area contributed by atoms with E-state index in [9.17, 15) is 14.9 Å². The van der Waals surface area contributed by atoms with Crippen LogP contribution in [0.25, 0.3) is 0 Å². The third-order valence-electron chi connectivity index (χ3n) is 6.42. The van der Waals surface area contributed by atoms with Crippen molar-refractivity contribution in [2.75, 3.05) is 5.32 Å². The fraction of sp³-hybridized carbons (Fsp3) is 0.632. The fourth-order valence-corrected chi connectivity index (χ4v) is 7.54. The molecule has 2 atom stereocenters. The monoisotopic (exact) mass is 406 g/mol. The Balaban J connectivity index is 1.50. The van der Waals surface area contributed by atoms with Crippen LogP contribution in [0, 0.1) is 34.3 Å². The lowest BCUT2D eigenvalue weighted by molar-refractivity contribution is -0.385. The van der Waals surface area contributed by atoms with E-state index in [0.717, 1.165) is 31.1 Å². The van der Waals surface area contributed by atoms with Crippen molar-refractivity contribution in [1.29, 1.82) is 0 Å². The molecule has 5 nitrogen and oxygen atoms in total. The summed E-state index contributed by atoms with van der Waals surface area (Å²) >= 11 is 3.98. The predicted octanol–water partition coefficient (Wildman–Crippen LogP) is 4.97. The van der Waals surface area contributed by atoms with Crippen LogP contribution >= 0.6 is 15.9 Å². The second kappa shape index (κ2) is 5.79. The number of hydrogen-bond donors (Lipinski definition) is 1. The number of nitro groups is 1. The van der Waals surface area contributed by atoms with Crippen molar-refractivity contribution < 1.29 is 9.72 Å². The molecule has 4 saturated carbocycles. The third kappa shape index (κ3) is 3.09. The van der Waals surface area contributed by atoms with E-state index in [1.165, 1.54) is 25.3 Å². The number of halogens is 1. The molecule has 5 rings (SSSR count). The smallest absolute Gasteiger partial charge is 0.274 e. The van der Waals surface area contributed by atoms with Gasteiger partial charge in [-0.3, -0.25) is 14.9 Å². The molecule has 2 unspecified atom stereocenters. The average molecular weight is 407 g/mol. The highest BCUT2D eigenvalue weighted by atomic mass is 79.9. The molecular weight excluding hydrogens is 384 g/mol. The molecule has 0 heterocycles. The zero-order valence-electron chi connectivity index (χ0n) is 14.4. The van der Waals surface area contributed by atoms with Gasteiger partial charge in [0.05, 0.1) is 16.2 Å². The first-order valence-electron chi connectivity index (χ1n) is 9.00. The number of carbonyl (C=O) groups excluding carboxylic acids is 1. The summed E-state index contributed by atoms with van der Waals surface area (Å²) in [4.78, 5) is 23.4. The lowest BCUT2D eigenvalue weighted by atomic mass is 9.48. The number of benzene rings is 1. The molecule has 1 N–H and O–H groups in total. The van der Waals surface area contributed by atoms with Gasteiger partial charge in [-0.15, -0.1) is 0 Å². The van der Waals surface area contributed by atoms with Crippen molar-refractivity contribution in [3.63, 3.8) is 0 Å². The molecule has 6 heteroatoms. The SMILES string of the molecule is Cc1c(NC(=O)CC23CC4CC(CC(Br)(C4)C2)C3)cccc1[N+](=O)[O-]. The molecule has 134 valence electrons. The van der Waals surface area contributed by atoms with Gasteiger partial charge in [0.2, 0.25) is 5.91 Å². The largest absolute Gasteiger partial charge is 0.326 e. The quantitative estimate of drug-likeness (QED) is 0.435. The summed E-state index contributed by atoms with van der Waals surface area (Å²) in [6.07, 6.45) is 7.72. The van der Waals surface area contributed by atoms with Crippen molar-refractivity contribution >= 4 is 33.2 Å². The summed E-state index contributed by atoms with van der Waals surface area (Å²) in [5, 5.41) is 14.0. The van der Waals surface area contributed by atoms with Crippen LogP contribution in [-0.2, 0) is 4.79 Å². The van der Waals surface area contributed by atoms with E-state index < -0.39 is 4.92 Å². The number of carbonyl (C=O) groups is 1. The molecule has 4 fully saturated rings. The van der Waals surface area contributed by atoms with Crippen molar-refractivity contribution in [3.05, 3.63) is 33.9 Å². The van der Waals surface area contributed by atoms with E-state index in [0.29, 0.717) is 17.7 Å². The number of amides is 1. The molecule has 4 aliphatic carbocycles. The number of alkyl halides is 1. The summed E-state index contributed by atoms with van der Waals surface area (Å²) in [6.45, 7) is 1.69. The van der Waals surface area contributed by atoms with Crippen molar-refractivity contribution in [1.82, 2.24) is 0 Å². The van der Waals surface area contributed by atoms with Gasteiger partial charge in [-0.2, -0.15) is 0 Å². The molecule has 25 heavy (non-hydrogen) atoms. The summed E-state index contributed by atoms with van der Waals surface area (Å²) in [5.41, 5.74) is 1.22. The Kier molecular flexibility index (Phi) is 3.94. The Hall–Kier alpha value is -1.43. The Bertz CT molecular complexity index is 734. The van der Waals surface area contributed by atoms with E-state index in [4.69, 9.17) is 0 Å². The number of nitrogens with zero attached hydrogens (tertiary/aromatic N) is 1. The van der Waals surface area contributed by atoms with Gasteiger partial charge in [0.1, 0.15) is 0 Å². The highest BCUT2D eigenvalue weighted by Gasteiger charge is 2.57. The normalized spacial score (nSPS) is 35.6. The number of nitro benzene ring substituents is 1. The molecule has 0 aromatic heterocycles. The molecular formula is C19H23BrN2O3. The van der Waals surface area contributed by atoms with E-state index in [2.05, 4.69) is 21.2 Å². The number of hydrogen-bond acceptors (Lipinski definition) is 3. The van der Waals surface area contributed by atoms with Crippen molar-refractivity contribution in [3.8, 4) is 0 Å². The second-order valence-corrected chi connectivity index (χ2v) is 10.2. The third-order valence-corrected chi connectivity index (χ3v) is 7.35. The number of rotatable bonds is 4. The van der Waals surface area contributed by atoms with Gasteiger partial charge in [-0.1, -0.05) is 22.0 Å². The Morgan fingerprint density at radius 2 is 2.00 bits per heavy atom. The highest BCUT2D eigenvalue weighted by molar-refractivity contribution is 9.10. The first-order valence-corrected chi connectivity index (χ1v) is 9.80. The van der Waals surface area contributed by atoms with Gasteiger partial charge in [0.15, 0.2) is 0 Å². The summed E-state index contributed by atoms with van der Waals surface area (Å²) in [7, 11) is 0. The maximum atomic E-state index is 12.7. The maximum absolute atomic E-state index is 12.7. The number of anilines is 1. The minimum atomic E-state index is -0.404. The minimum absolute atomic E-state index is 0.0124. The minimum Gasteiger partial charge on any atom is -0.326 e. The topological polar surface area (TPSA) is 72.2 Å². The van der Waals surface area contributed by atoms with Crippen LogP contribution in [0.2, 0.25) is 0 Å². The Morgan fingerprint density at radius 3 is 2.60 bits per heavy atom. The van der Waals surface area contributed by atoms with Crippen LogP contribution in [0.15, 0.2) is 18.2 Å². The second-order valence-electron chi connectivity index (χ2n) is 8.54. The highest BCUT2D eigenvalue weighted by Crippen LogP contribution is 2.65. The first-order chi connectivity index (χ1) is 11.8. The standard InChI is InChI=1S/C19H23BrN2O3/c1-12-15(3-2-4-16(12)22(24)25)21-17(23)10-18-6-13-5-14(7-18)9-19(20,8-13)11-18/h2-4,13-14H,5-11H2,1H3,(H,21,23). The number of nitrogens with one attached hydrogen (secondary N) is 1. The molecule has 4 aliphatic rings. The lowest BCUT2D eigenvalue weighted by Crippen LogP contribution is -2.53. The Morgan fingerprint density at radius 1 is 1.32 bits per heavy atom. The molecule has 0 spiro atoms. The molecule has 0 saturated heterocycles. The lowest BCUT2D eigenvalue weighted by Gasteiger charge is -2.60. The van der Waals surface area contributed by atoms with Crippen LogP contribution in [0.5, 0.6) is 0 Å². The van der Waals surface area contributed by atoms with E-state index >= 15 is 0 Å². The van der Waals surface area contributed by atoms with Crippen molar-refractivity contribution in [2.45, 2.75) is 56.2 Å². The van der Waals surface area contributed by atoms with E-state index in [-0.39, 0.29) is 21.3 Å². The van der Waals surface area contributed by atoms with Crippen LogP contribution < -0.4 is 5.32 Å². The maximum Gasteiger partial charge on any atom is 0.274 e. The van der Waals surface area contributed by atoms with Crippen molar-refractivity contribution in [2.24, 2.45) is 17.3 Å². The van der Waals surface area contributed by atoms with Gasteiger partial charge in [0, 0.05) is 16.8 Å². The van der Waals surface area contributed by atoms with Gasteiger partial charge < -0.3 is 5.32 Å². The van der Waals surface area contributed by atoms with Crippen LogP contribution in [0.4, 0.5) is 11.4 Å². The molecule has 0 aliphatic heterocycles. The zero-order valence-corrected chi connectivity index (χ0v) is 16.0. The Labute approximate surface area is 155 Å². The predicted molar refractivity (Wildman–Crippen MR) is 99.9 cm³/mol. The summed E-state index contributed by atoms with van der Waals surface area (Å²) < 4.78 is 0.235. The van der Waals surface area contributed by atoms with E-state index in [1.54, 1.807) is 19.1 Å². The summed E-state index contributed by atoms with van der Waals surface area (Å²) in [6, 6.07) is 4.84. The molecule has 1 aromatic rings. The first kappa shape index (κ1) is 17.0. The van der Waals surface area contributed by atoms with Gasteiger partial charge in [-0.25, -0.2) is 0 Å². The van der Waals surface area contributed by atoms with Crippen LogP contribution in [0.3, 0.4) is 0 Å². The molecule has 4 bridgehead atoms. The van der Waals surface area contributed by atoms with Crippen LogP contribution in [0.1, 0.15) is 50.5 Å². The fourth-order valence-electron chi connectivity index (χ4n) is 6.03.